The molecule has 1 aromatic carbocycles. The molecule has 0 fully saturated rings. The molecule has 0 amide bonds. The molecule has 14 heavy (non-hydrogen) atoms. The molecule has 1 unspecified atom stereocenters. The van der Waals surface area contributed by atoms with Crippen LogP contribution in [0.5, 0.6) is 0 Å². The number of nitrogens with zero attached hydrogens (tertiary/aromatic N) is 1. The number of aliphatic imine (C=N–C) groups is 1. The minimum atomic E-state index is 0. The Hall–Kier alpha value is -1.03. The van der Waals surface area contributed by atoms with Crippen LogP contribution < -0.4 is 11.1 Å². The highest BCUT2D eigenvalue weighted by Crippen LogP contribution is 2.16. The fourth-order valence-corrected chi connectivity index (χ4v) is 1.51. The van der Waals surface area contributed by atoms with E-state index in [0.29, 0.717) is 11.9 Å². The van der Waals surface area contributed by atoms with Gasteiger partial charge in [-0.15, -0.1) is 17.0 Å². The summed E-state index contributed by atoms with van der Waals surface area (Å²) >= 11 is 0. The van der Waals surface area contributed by atoms with E-state index in [1.165, 1.54) is 5.56 Å². The first-order chi connectivity index (χ1) is 6.36. The molecule has 2 rings (SSSR count). The molecule has 1 heterocycles. The van der Waals surface area contributed by atoms with Gasteiger partial charge in [0.25, 0.3) is 0 Å². The maximum Gasteiger partial charge on any atom is 0.188 e. The molecule has 0 aliphatic carbocycles. The molecule has 76 valence electrons. The molecular weight excluding hydrogens is 242 g/mol. The number of nitrogens with one attached hydrogen (secondary N) is 1. The third kappa shape index (κ3) is 2.48. The van der Waals surface area contributed by atoms with Gasteiger partial charge >= 0.3 is 0 Å². The Labute approximate surface area is 94.2 Å². The minimum Gasteiger partial charge on any atom is -0.370 e. The van der Waals surface area contributed by atoms with Crippen molar-refractivity contribution in [3.63, 3.8) is 0 Å². The van der Waals surface area contributed by atoms with E-state index >= 15 is 0 Å². The quantitative estimate of drug-likeness (QED) is 0.794. The Morgan fingerprint density at radius 3 is 2.57 bits per heavy atom. The van der Waals surface area contributed by atoms with Gasteiger partial charge in [-0.25, -0.2) is 0 Å². The summed E-state index contributed by atoms with van der Waals surface area (Å²) in [4.78, 5) is 4.17. The first-order valence-corrected chi connectivity index (χ1v) is 4.45. The first-order valence-electron chi connectivity index (χ1n) is 4.45. The van der Waals surface area contributed by atoms with E-state index in [2.05, 4.69) is 34.6 Å². The second-order valence-electron chi connectivity index (χ2n) is 3.21. The molecule has 3 N–H and O–H groups in total. The Kier molecular flexibility index (Phi) is 3.95. The molecule has 1 aromatic rings. The Balaban J connectivity index is 0.000000980. The van der Waals surface area contributed by atoms with Crippen LogP contribution in [0.1, 0.15) is 11.5 Å². The van der Waals surface area contributed by atoms with Crippen molar-refractivity contribution in [2.24, 2.45) is 10.7 Å². The van der Waals surface area contributed by atoms with Gasteiger partial charge in [-0.1, -0.05) is 30.3 Å². The molecule has 1 aliphatic rings. The van der Waals surface area contributed by atoms with Crippen LogP contribution in [0.4, 0.5) is 0 Å². The third-order valence-corrected chi connectivity index (χ3v) is 2.28. The molecule has 1 atom stereocenters. The second-order valence-corrected chi connectivity index (χ2v) is 3.21. The Morgan fingerprint density at radius 1 is 1.29 bits per heavy atom. The zero-order valence-corrected chi connectivity index (χ0v) is 9.52. The largest absolute Gasteiger partial charge is 0.370 e. The predicted molar refractivity (Wildman–Crippen MR) is 64.0 cm³/mol. The molecule has 0 spiro atoms. The molecule has 0 radical (unpaired) electrons. The van der Waals surface area contributed by atoms with E-state index in [9.17, 15) is 0 Å². The number of hydrogen-bond acceptors (Lipinski definition) is 3. The van der Waals surface area contributed by atoms with Crippen molar-refractivity contribution < 1.29 is 0 Å². The molecule has 0 aromatic heterocycles. The molecule has 3 nitrogen and oxygen atoms in total. The van der Waals surface area contributed by atoms with Crippen molar-refractivity contribution in [2.75, 3.05) is 13.1 Å². The van der Waals surface area contributed by atoms with Gasteiger partial charge in [0.2, 0.25) is 0 Å². The maximum atomic E-state index is 5.51. The summed E-state index contributed by atoms with van der Waals surface area (Å²) in [6, 6.07) is 10.4. The maximum absolute atomic E-state index is 5.51. The molecule has 4 heteroatoms. The van der Waals surface area contributed by atoms with Gasteiger partial charge in [-0.3, -0.25) is 4.99 Å². The number of hydrogen-bond donors (Lipinski definition) is 2. The molecule has 0 bridgehead atoms. The van der Waals surface area contributed by atoms with Gasteiger partial charge in [0.1, 0.15) is 0 Å². The average Bonchev–Trinajstić information content (AvgIpc) is 2.20. The highest BCUT2D eigenvalue weighted by Gasteiger charge is 2.14. The standard InChI is InChI=1S/C10H13N3.BrH/c11-10-12-6-9(7-13-10)8-4-2-1-3-5-8;/h1-5,9H,6-7H2,(H3,11,12,13);1H. The summed E-state index contributed by atoms with van der Waals surface area (Å²) in [5.74, 6) is 1.03. The lowest BCUT2D eigenvalue weighted by Gasteiger charge is -2.21. The van der Waals surface area contributed by atoms with E-state index in [1.54, 1.807) is 0 Å². The van der Waals surface area contributed by atoms with Gasteiger partial charge in [0.05, 0.1) is 6.54 Å². The van der Waals surface area contributed by atoms with E-state index < -0.39 is 0 Å². The van der Waals surface area contributed by atoms with Crippen LogP contribution in [0.3, 0.4) is 0 Å². The van der Waals surface area contributed by atoms with Crippen LogP contribution >= 0.6 is 17.0 Å². The highest BCUT2D eigenvalue weighted by atomic mass is 79.9. The summed E-state index contributed by atoms with van der Waals surface area (Å²) in [5.41, 5.74) is 6.84. The lowest BCUT2D eigenvalue weighted by molar-refractivity contribution is 0.635. The monoisotopic (exact) mass is 255 g/mol. The minimum absolute atomic E-state index is 0. The van der Waals surface area contributed by atoms with Crippen LogP contribution in [-0.4, -0.2) is 19.0 Å². The average molecular weight is 256 g/mol. The number of guanidine groups is 1. The van der Waals surface area contributed by atoms with E-state index in [0.717, 1.165) is 13.1 Å². The van der Waals surface area contributed by atoms with Gasteiger partial charge in [0.15, 0.2) is 5.96 Å². The van der Waals surface area contributed by atoms with Crippen molar-refractivity contribution in [1.29, 1.82) is 0 Å². The number of benzene rings is 1. The van der Waals surface area contributed by atoms with Crippen LogP contribution in [0, 0.1) is 0 Å². The van der Waals surface area contributed by atoms with Crippen LogP contribution in [0.15, 0.2) is 35.3 Å². The number of halogens is 1. The normalized spacial score (nSPS) is 20.3. The predicted octanol–water partition coefficient (Wildman–Crippen LogP) is 1.27. The van der Waals surface area contributed by atoms with Gasteiger partial charge < -0.3 is 11.1 Å². The van der Waals surface area contributed by atoms with Crippen molar-refractivity contribution >= 4 is 22.9 Å². The SMILES string of the molecule is Br.NC1=NCC(c2ccccc2)CN1. The van der Waals surface area contributed by atoms with Crippen LogP contribution in [0.25, 0.3) is 0 Å². The summed E-state index contributed by atoms with van der Waals surface area (Å²) < 4.78 is 0. The van der Waals surface area contributed by atoms with Crippen LogP contribution in [0.2, 0.25) is 0 Å². The fourth-order valence-electron chi connectivity index (χ4n) is 1.51. The zero-order chi connectivity index (χ0) is 9.10. The van der Waals surface area contributed by atoms with Gasteiger partial charge in [-0.2, -0.15) is 0 Å². The van der Waals surface area contributed by atoms with Crippen molar-refractivity contribution in [2.45, 2.75) is 5.92 Å². The molecule has 1 aliphatic heterocycles. The Morgan fingerprint density at radius 2 is 2.00 bits per heavy atom. The lowest BCUT2D eigenvalue weighted by atomic mass is 9.98. The molecule has 0 saturated heterocycles. The smallest absolute Gasteiger partial charge is 0.188 e. The van der Waals surface area contributed by atoms with Crippen molar-refractivity contribution in [3.8, 4) is 0 Å². The summed E-state index contributed by atoms with van der Waals surface area (Å²) in [6.45, 7) is 1.68. The second kappa shape index (κ2) is 5.00. The number of rotatable bonds is 1. The topological polar surface area (TPSA) is 50.4 Å². The molecule has 0 saturated carbocycles. The van der Waals surface area contributed by atoms with Crippen molar-refractivity contribution in [1.82, 2.24) is 5.32 Å². The van der Waals surface area contributed by atoms with Crippen LogP contribution in [-0.2, 0) is 0 Å². The third-order valence-electron chi connectivity index (χ3n) is 2.28. The summed E-state index contributed by atoms with van der Waals surface area (Å²) in [7, 11) is 0. The van der Waals surface area contributed by atoms with E-state index in [1.807, 2.05) is 6.07 Å². The van der Waals surface area contributed by atoms with Gasteiger partial charge in [-0.05, 0) is 5.56 Å². The lowest BCUT2D eigenvalue weighted by Crippen LogP contribution is -2.39. The first kappa shape index (κ1) is 11.0. The van der Waals surface area contributed by atoms with E-state index in [4.69, 9.17) is 5.73 Å². The summed E-state index contributed by atoms with van der Waals surface area (Å²) in [6.07, 6.45) is 0. The highest BCUT2D eigenvalue weighted by molar-refractivity contribution is 8.93. The summed E-state index contributed by atoms with van der Waals surface area (Å²) in [5, 5.41) is 3.06. The van der Waals surface area contributed by atoms with E-state index in [-0.39, 0.29) is 17.0 Å². The fraction of sp³-hybridized carbons (Fsp3) is 0.300. The van der Waals surface area contributed by atoms with Gasteiger partial charge in [0, 0.05) is 12.5 Å². The zero-order valence-electron chi connectivity index (χ0n) is 7.81. The van der Waals surface area contributed by atoms with Crippen molar-refractivity contribution in [3.05, 3.63) is 35.9 Å². The molecular formula is C10H14BrN3. The number of nitrogens with two attached hydrogens (primary N) is 1. The Bertz CT molecular complexity index is 310.